The number of halogens is 2. The predicted molar refractivity (Wildman–Crippen MR) is 79.6 cm³/mol. The van der Waals surface area contributed by atoms with Crippen molar-refractivity contribution >= 4 is 37.8 Å². The van der Waals surface area contributed by atoms with Crippen LogP contribution in [-0.4, -0.2) is 17.1 Å². The maximum absolute atomic E-state index is 11.1. The molecule has 0 radical (unpaired) electrons. The van der Waals surface area contributed by atoms with Crippen molar-refractivity contribution in [2.75, 3.05) is 0 Å². The average Bonchev–Trinajstić information content (AvgIpc) is 2.33. The molecule has 0 spiro atoms. The number of unbranched alkanes of at least 4 members (excludes halogenated alkanes) is 1. The van der Waals surface area contributed by atoms with E-state index >= 15 is 0 Å². The van der Waals surface area contributed by atoms with Crippen LogP contribution >= 0.6 is 31.9 Å². The minimum absolute atomic E-state index is 0.465. The van der Waals surface area contributed by atoms with Crippen molar-refractivity contribution in [1.82, 2.24) is 5.32 Å². The molecule has 0 fully saturated rings. The van der Waals surface area contributed by atoms with Crippen LogP contribution in [0, 0.1) is 0 Å². The van der Waals surface area contributed by atoms with Gasteiger partial charge in [-0.05, 0) is 56.0 Å². The third kappa shape index (κ3) is 5.08. The second-order valence-corrected chi connectivity index (χ2v) is 5.87. The zero-order chi connectivity index (χ0) is 13.5. The summed E-state index contributed by atoms with van der Waals surface area (Å²) >= 11 is 6.84. The molecule has 2 N–H and O–H groups in total. The molecule has 1 atom stereocenters. The first-order chi connectivity index (χ1) is 8.54. The smallest absolute Gasteiger partial charge is 0.320 e. The van der Waals surface area contributed by atoms with Gasteiger partial charge in [-0.1, -0.05) is 25.8 Å². The van der Waals surface area contributed by atoms with Gasteiger partial charge in [0.25, 0.3) is 0 Å². The Bertz CT molecular complexity index is 410. The monoisotopic (exact) mass is 377 g/mol. The van der Waals surface area contributed by atoms with Gasteiger partial charge in [0.2, 0.25) is 0 Å². The van der Waals surface area contributed by atoms with E-state index in [1.807, 2.05) is 18.2 Å². The summed E-state index contributed by atoms with van der Waals surface area (Å²) in [7, 11) is 0. The van der Waals surface area contributed by atoms with E-state index < -0.39 is 12.0 Å². The minimum Gasteiger partial charge on any atom is -0.480 e. The van der Waals surface area contributed by atoms with Gasteiger partial charge < -0.3 is 10.4 Å². The van der Waals surface area contributed by atoms with Crippen LogP contribution in [-0.2, 0) is 11.3 Å². The maximum atomic E-state index is 11.1. The van der Waals surface area contributed by atoms with Crippen molar-refractivity contribution in [2.45, 2.75) is 38.8 Å². The van der Waals surface area contributed by atoms with Gasteiger partial charge in [-0.25, -0.2) is 0 Å². The van der Waals surface area contributed by atoms with E-state index in [0.717, 1.165) is 27.4 Å². The summed E-state index contributed by atoms with van der Waals surface area (Å²) in [5.41, 5.74) is 1.06. The number of nitrogens with one attached hydrogen (secondary N) is 1. The Morgan fingerprint density at radius 2 is 2.11 bits per heavy atom. The molecule has 0 aromatic heterocycles. The fourth-order valence-electron chi connectivity index (χ4n) is 1.61. The van der Waals surface area contributed by atoms with Gasteiger partial charge in [-0.2, -0.15) is 0 Å². The van der Waals surface area contributed by atoms with Gasteiger partial charge in [0.15, 0.2) is 0 Å². The topological polar surface area (TPSA) is 49.3 Å². The summed E-state index contributed by atoms with van der Waals surface area (Å²) in [6.07, 6.45) is 2.60. The number of hydrogen-bond acceptors (Lipinski definition) is 2. The number of benzene rings is 1. The van der Waals surface area contributed by atoms with E-state index in [-0.39, 0.29) is 0 Å². The molecule has 0 aliphatic carbocycles. The highest BCUT2D eigenvalue weighted by atomic mass is 79.9. The van der Waals surface area contributed by atoms with Crippen molar-refractivity contribution in [2.24, 2.45) is 0 Å². The van der Waals surface area contributed by atoms with Crippen LogP contribution in [0.25, 0.3) is 0 Å². The number of aliphatic carboxylic acids is 1. The van der Waals surface area contributed by atoms with Gasteiger partial charge in [-0.3, -0.25) is 4.79 Å². The molecule has 1 rings (SSSR count). The Morgan fingerprint density at radius 1 is 1.39 bits per heavy atom. The molecule has 0 saturated carbocycles. The van der Waals surface area contributed by atoms with Crippen LogP contribution in [0.4, 0.5) is 0 Å². The number of hydrogen-bond donors (Lipinski definition) is 2. The first-order valence-corrected chi connectivity index (χ1v) is 7.53. The number of carbonyl (C=O) groups is 1. The lowest BCUT2D eigenvalue weighted by atomic mass is 10.1. The lowest BCUT2D eigenvalue weighted by molar-refractivity contribution is -0.139. The van der Waals surface area contributed by atoms with E-state index in [0.29, 0.717) is 13.0 Å². The van der Waals surface area contributed by atoms with Crippen LogP contribution < -0.4 is 5.32 Å². The van der Waals surface area contributed by atoms with Gasteiger partial charge >= 0.3 is 5.97 Å². The van der Waals surface area contributed by atoms with Crippen molar-refractivity contribution in [3.63, 3.8) is 0 Å². The van der Waals surface area contributed by atoms with Crippen LogP contribution in [0.15, 0.2) is 27.1 Å². The van der Waals surface area contributed by atoms with E-state index in [9.17, 15) is 4.79 Å². The predicted octanol–water partition coefficient (Wildman–Crippen LogP) is 3.94. The molecule has 3 nitrogen and oxygen atoms in total. The van der Waals surface area contributed by atoms with Crippen molar-refractivity contribution in [1.29, 1.82) is 0 Å². The zero-order valence-corrected chi connectivity index (χ0v) is 13.4. The third-order valence-corrected chi connectivity index (χ3v) is 4.56. The summed E-state index contributed by atoms with van der Waals surface area (Å²) in [6, 6.07) is 5.44. The van der Waals surface area contributed by atoms with E-state index in [2.05, 4.69) is 44.1 Å². The van der Waals surface area contributed by atoms with Crippen molar-refractivity contribution < 1.29 is 9.90 Å². The van der Waals surface area contributed by atoms with E-state index in [1.54, 1.807) is 0 Å². The minimum atomic E-state index is -0.778. The molecular weight excluding hydrogens is 362 g/mol. The Kier molecular flexibility index (Phi) is 6.89. The molecule has 0 bridgehead atoms. The molecule has 1 aromatic carbocycles. The molecule has 1 unspecified atom stereocenters. The van der Waals surface area contributed by atoms with Gasteiger partial charge in [0, 0.05) is 15.5 Å². The molecule has 0 aliphatic rings. The Labute approximate surface area is 124 Å². The summed E-state index contributed by atoms with van der Waals surface area (Å²) in [5, 5.41) is 12.2. The summed E-state index contributed by atoms with van der Waals surface area (Å²) in [5.74, 6) is -0.778. The first-order valence-electron chi connectivity index (χ1n) is 5.94. The largest absolute Gasteiger partial charge is 0.480 e. The Hall–Kier alpha value is -0.390. The third-order valence-electron chi connectivity index (χ3n) is 2.68. The molecule has 18 heavy (non-hydrogen) atoms. The van der Waals surface area contributed by atoms with Gasteiger partial charge in [-0.15, -0.1) is 0 Å². The summed E-state index contributed by atoms with van der Waals surface area (Å²) in [4.78, 5) is 11.1. The molecule has 0 amide bonds. The standard InChI is InChI=1S/C13H17Br2NO2/c1-2-3-4-12(13(17)18)16-8-9-5-6-10(14)11(15)7-9/h5-7,12,16H,2-4,8H2,1H3,(H,17,18). The van der Waals surface area contributed by atoms with Gasteiger partial charge in [0.1, 0.15) is 6.04 Å². The molecule has 0 aliphatic heterocycles. The van der Waals surface area contributed by atoms with E-state index in [4.69, 9.17) is 5.11 Å². The lowest BCUT2D eigenvalue weighted by Gasteiger charge is -2.14. The van der Waals surface area contributed by atoms with Crippen LogP contribution in [0.5, 0.6) is 0 Å². The quantitative estimate of drug-likeness (QED) is 0.755. The first kappa shape index (κ1) is 15.7. The molecule has 0 heterocycles. The van der Waals surface area contributed by atoms with Crippen LogP contribution in [0.1, 0.15) is 31.7 Å². The molecular formula is C13H17Br2NO2. The van der Waals surface area contributed by atoms with E-state index in [1.165, 1.54) is 0 Å². The normalized spacial score (nSPS) is 12.4. The average molecular weight is 379 g/mol. The van der Waals surface area contributed by atoms with Crippen molar-refractivity contribution in [3.05, 3.63) is 32.7 Å². The summed E-state index contributed by atoms with van der Waals surface area (Å²) in [6.45, 7) is 2.62. The lowest BCUT2D eigenvalue weighted by Crippen LogP contribution is -2.36. The highest BCUT2D eigenvalue weighted by Gasteiger charge is 2.15. The highest BCUT2D eigenvalue weighted by Crippen LogP contribution is 2.23. The Morgan fingerprint density at radius 3 is 2.67 bits per heavy atom. The SMILES string of the molecule is CCCCC(NCc1ccc(Br)c(Br)c1)C(=O)O. The fraction of sp³-hybridized carbons (Fsp3) is 0.462. The van der Waals surface area contributed by atoms with Gasteiger partial charge in [0.05, 0.1) is 0 Å². The summed E-state index contributed by atoms with van der Waals surface area (Å²) < 4.78 is 1.97. The Balaban J connectivity index is 2.55. The second-order valence-electron chi connectivity index (χ2n) is 4.16. The number of rotatable bonds is 7. The maximum Gasteiger partial charge on any atom is 0.320 e. The number of carboxylic acids is 1. The molecule has 100 valence electrons. The number of carboxylic acid groups (broad SMARTS) is 1. The zero-order valence-electron chi connectivity index (χ0n) is 10.2. The fourth-order valence-corrected chi connectivity index (χ4v) is 2.28. The second kappa shape index (κ2) is 7.92. The van der Waals surface area contributed by atoms with Crippen molar-refractivity contribution in [3.8, 4) is 0 Å². The molecule has 0 saturated heterocycles. The molecule has 5 heteroatoms. The molecule has 1 aromatic rings. The van der Waals surface area contributed by atoms with Crippen LogP contribution in [0.2, 0.25) is 0 Å². The van der Waals surface area contributed by atoms with Crippen LogP contribution in [0.3, 0.4) is 0 Å². The highest BCUT2D eigenvalue weighted by molar-refractivity contribution is 9.13.